The van der Waals surface area contributed by atoms with E-state index in [4.69, 9.17) is 25.2 Å². The number of hydrogen-bond donors (Lipinski definition) is 1. The van der Waals surface area contributed by atoms with Crippen LogP contribution in [0.1, 0.15) is 11.1 Å². The minimum atomic E-state index is -0.833. The van der Waals surface area contributed by atoms with Crippen LogP contribution in [0.15, 0.2) is 48.0 Å². The quantitative estimate of drug-likeness (QED) is 0.348. The lowest BCUT2D eigenvalue weighted by Gasteiger charge is -2.11. The molecule has 0 aliphatic heterocycles. The van der Waals surface area contributed by atoms with Crippen LogP contribution in [0, 0.1) is 18.3 Å². The molecule has 0 saturated heterocycles. The van der Waals surface area contributed by atoms with Crippen molar-refractivity contribution in [1.29, 1.82) is 5.26 Å². The summed E-state index contributed by atoms with van der Waals surface area (Å²) in [5.74, 6) is -0.438. The van der Waals surface area contributed by atoms with Gasteiger partial charge in [0.25, 0.3) is 5.91 Å². The van der Waals surface area contributed by atoms with E-state index >= 15 is 0 Å². The molecule has 1 amide bonds. The number of nitriles is 1. The molecule has 2 aromatic rings. The normalized spacial score (nSPS) is 10.6. The second-order valence-electron chi connectivity index (χ2n) is 5.52. The van der Waals surface area contributed by atoms with Crippen LogP contribution in [0.2, 0.25) is 0 Å². The molecule has 0 unspecified atom stereocenters. The molecule has 0 bridgehead atoms. The van der Waals surface area contributed by atoms with Crippen molar-refractivity contribution in [2.75, 3.05) is 13.7 Å². The number of nitrogens with zero attached hydrogens (tertiary/aromatic N) is 1. The van der Waals surface area contributed by atoms with Crippen LogP contribution in [0.4, 0.5) is 0 Å². The van der Waals surface area contributed by atoms with E-state index in [2.05, 4.69) is 0 Å². The second kappa shape index (κ2) is 9.06. The highest BCUT2D eigenvalue weighted by molar-refractivity contribution is 6.00. The summed E-state index contributed by atoms with van der Waals surface area (Å²) < 4.78 is 15.8. The van der Waals surface area contributed by atoms with E-state index in [1.165, 1.54) is 25.3 Å². The highest BCUT2D eigenvalue weighted by atomic mass is 16.6. The minimum absolute atomic E-state index is 0.185. The summed E-state index contributed by atoms with van der Waals surface area (Å²) in [6.45, 7) is 1.68. The molecule has 0 aromatic heterocycles. The van der Waals surface area contributed by atoms with Gasteiger partial charge in [-0.15, -0.1) is 0 Å². The number of rotatable bonds is 7. The third-order valence-electron chi connectivity index (χ3n) is 3.49. The number of carbonyl (C=O) groups is 2. The Morgan fingerprint density at radius 2 is 1.85 bits per heavy atom. The third-order valence-corrected chi connectivity index (χ3v) is 3.49. The lowest BCUT2D eigenvalue weighted by Crippen LogP contribution is -2.18. The number of ether oxygens (including phenoxy) is 3. The van der Waals surface area contributed by atoms with Gasteiger partial charge in [-0.1, -0.05) is 23.8 Å². The Kier molecular flexibility index (Phi) is 6.55. The number of benzene rings is 2. The van der Waals surface area contributed by atoms with Crippen molar-refractivity contribution < 1.29 is 23.8 Å². The maximum atomic E-state index is 12.0. The summed E-state index contributed by atoms with van der Waals surface area (Å²) in [4.78, 5) is 23.1. The molecule has 0 fully saturated rings. The van der Waals surface area contributed by atoms with E-state index in [0.29, 0.717) is 11.3 Å². The summed E-state index contributed by atoms with van der Waals surface area (Å²) in [6.07, 6.45) is 1.32. The van der Waals surface area contributed by atoms with E-state index in [1.54, 1.807) is 24.3 Å². The molecule has 2 aromatic carbocycles. The first-order chi connectivity index (χ1) is 12.9. The van der Waals surface area contributed by atoms with Crippen LogP contribution in [-0.4, -0.2) is 25.6 Å². The van der Waals surface area contributed by atoms with E-state index < -0.39 is 11.9 Å². The van der Waals surface area contributed by atoms with Crippen LogP contribution in [0.25, 0.3) is 6.08 Å². The summed E-state index contributed by atoms with van der Waals surface area (Å²) in [7, 11) is 1.41. The molecule has 138 valence electrons. The van der Waals surface area contributed by atoms with E-state index in [-0.39, 0.29) is 23.7 Å². The maximum Gasteiger partial charge on any atom is 0.349 e. The zero-order valence-electron chi connectivity index (χ0n) is 14.9. The molecule has 0 saturated carbocycles. The maximum absolute atomic E-state index is 12.0. The first-order valence-electron chi connectivity index (χ1n) is 7.92. The third kappa shape index (κ3) is 5.61. The lowest BCUT2D eigenvalue weighted by atomic mass is 10.1. The number of carbonyl (C=O) groups excluding carboxylic acids is 2. The molecular weight excluding hydrogens is 348 g/mol. The minimum Gasteiger partial charge on any atom is -0.493 e. The van der Waals surface area contributed by atoms with Gasteiger partial charge in [0, 0.05) is 0 Å². The summed E-state index contributed by atoms with van der Waals surface area (Å²) in [6, 6.07) is 13.5. The fourth-order valence-corrected chi connectivity index (χ4v) is 2.11. The van der Waals surface area contributed by atoms with E-state index in [0.717, 1.165) is 5.56 Å². The Balaban J connectivity index is 2.07. The molecule has 27 heavy (non-hydrogen) atoms. The molecule has 2 rings (SSSR count). The van der Waals surface area contributed by atoms with Crippen LogP contribution >= 0.6 is 0 Å². The zero-order chi connectivity index (χ0) is 19.8. The molecule has 7 nitrogen and oxygen atoms in total. The van der Waals surface area contributed by atoms with Crippen molar-refractivity contribution in [2.45, 2.75) is 6.92 Å². The average Bonchev–Trinajstić information content (AvgIpc) is 2.66. The van der Waals surface area contributed by atoms with Gasteiger partial charge in [-0.05, 0) is 42.8 Å². The molecule has 7 heteroatoms. The van der Waals surface area contributed by atoms with Crippen LogP contribution in [0.5, 0.6) is 17.2 Å². The van der Waals surface area contributed by atoms with Gasteiger partial charge in [0.15, 0.2) is 18.1 Å². The summed E-state index contributed by atoms with van der Waals surface area (Å²) in [5.41, 5.74) is 6.49. The molecule has 0 aliphatic rings. The van der Waals surface area contributed by atoms with Crippen molar-refractivity contribution in [2.24, 2.45) is 5.73 Å². The van der Waals surface area contributed by atoms with Gasteiger partial charge in [-0.25, -0.2) is 4.79 Å². The highest BCUT2D eigenvalue weighted by Gasteiger charge is 2.12. The number of amides is 1. The van der Waals surface area contributed by atoms with Crippen LogP contribution in [0.3, 0.4) is 0 Å². The van der Waals surface area contributed by atoms with Crippen molar-refractivity contribution in [1.82, 2.24) is 0 Å². The lowest BCUT2D eigenvalue weighted by molar-refractivity contribution is -0.136. The second-order valence-corrected chi connectivity index (χ2v) is 5.52. The summed E-state index contributed by atoms with van der Waals surface area (Å²) >= 11 is 0. The fourth-order valence-electron chi connectivity index (χ4n) is 2.11. The smallest absolute Gasteiger partial charge is 0.349 e. The molecule has 2 N–H and O–H groups in total. The van der Waals surface area contributed by atoms with Crippen molar-refractivity contribution in [3.63, 3.8) is 0 Å². The molecule has 0 heterocycles. The number of methoxy groups -OCH3 is 1. The first-order valence-corrected chi connectivity index (χ1v) is 7.92. The van der Waals surface area contributed by atoms with Crippen molar-refractivity contribution in [3.05, 3.63) is 59.2 Å². The SMILES string of the molecule is COc1cc(/C=C(\C#N)C(N)=O)ccc1OC(=O)COc1ccc(C)cc1. The number of primary amides is 1. The van der Waals surface area contributed by atoms with Crippen molar-refractivity contribution in [3.8, 4) is 23.3 Å². The van der Waals surface area contributed by atoms with E-state index in [1.807, 2.05) is 19.1 Å². The van der Waals surface area contributed by atoms with Gasteiger partial charge in [0.1, 0.15) is 17.4 Å². The van der Waals surface area contributed by atoms with Gasteiger partial charge in [-0.2, -0.15) is 5.26 Å². The number of nitrogens with two attached hydrogens (primary N) is 1. The molecule has 0 radical (unpaired) electrons. The number of aryl methyl sites for hydroxylation is 1. The predicted octanol–water partition coefficient (Wildman–Crippen LogP) is 2.38. The standard InChI is InChI=1S/C20H18N2O5/c1-13-3-6-16(7-4-13)26-12-19(23)27-17-8-5-14(10-18(17)25-2)9-15(11-21)20(22)24/h3-10H,12H2,1-2H3,(H2,22,24)/b15-9+. The molecule has 0 spiro atoms. The fraction of sp³-hybridized carbons (Fsp3) is 0.150. The van der Waals surface area contributed by atoms with Crippen LogP contribution < -0.4 is 19.9 Å². The van der Waals surface area contributed by atoms with Crippen molar-refractivity contribution >= 4 is 18.0 Å². The largest absolute Gasteiger partial charge is 0.493 e. The Hall–Kier alpha value is -3.79. The number of esters is 1. The molecular formula is C20H18N2O5. The number of hydrogen-bond acceptors (Lipinski definition) is 6. The highest BCUT2D eigenvalue weighted by Crippen LogP contribution is 2.29. The molecule has 0 aliphatic carbocycles. The Morgan fingerprint density at radius 3 is 2.44 bits per heavy atom. The Labute approximate surface area is 156 Å². The Morgan fingerprint density at radius 1 is 1.15 bits per heavy atom. The van der Waals surface area contributed by atoms with Gasteiger partial charge in [-0.3, -0.25) is 4.79 Å². The first kappa shape index (κ1) is 19.5. The average molecular weight is 366 g/mol. The van der Waals surface area contributed by atoms with Gasteiger partial charge >= 0.3 is 5.97 Å². The van der Waals surface area contributed by atoms with Crippen LogP contribution in [-0.2, 0) is 9.59 Å². The van der Waals surface area contributed by atoms with E-state index in [9.17, 15) is 9.59 Å². The topological polar surface area (TPSA) is 112 Å². The predicted molar refractivity (Wildman–Crippen MR) is 98.1 cm³/mol. The van der Waals surface area contributed by atoms with Gasteiger partial charge < -0.3 is 19.9 Å². The zero-order valence-corrected chi connectivity index (χ0v) is 14.9. The summed E-state index contributed by atoms with van der Waals surface area (Å²) in [5, 5.41) is 8.89. The van der Waals surface area contributed by atoms with Gasteiger partial charge in [0.05, 0.1) is 7.11 Å². The monoisotopic (exact) mass is 366 g/mol. The van der Waals surface area contributed by atoms with Gasteiger partial charge in [0.2, 0.25) is 0 Å². The molecule has 0 atom stereocenters. The Bertz CT molecular complexity index is 911.